The van der Waals surface area contributed by atoms with Crippen LogP contribution in [0, 0.1) is 0 Å². The van der Waals surface area contributed by atoms with Gasteiger partial charge in [0, 0.05) is 11.8 Å². The van der Waals surface area contributed by atoms with Crippen molar-refractivity contribution >= 4 is 11.9 Å². The molecule has 27 heavy (non-hydrogen) atoms. The molecule has 0 unspecified atom stereocenters. The van der Waals surface area contributed by atoms with Gasteiger partial charge in [0.25, 0.3) is 0 Å². The largest absolute Gasteiger partial charge is 0.394 e. The molecule has 0 saturated carbocycles. The maximum atomic E-state index is 12.2. The first kappa shape index (κ1) is 19.2. The van der Waals surface area contributed by atoms with Crippen molar-refractivity contribution < 1.29 is 20.1 Å². The summed E-state index contributed by atoms with van der Waals surface area (Å²) in [6.45, 7) is -0.474. The predicted molar refractivity (Wildman–Crippen MR) is 99.7 cm³/mol. The molecule has 8 heteroatoms. The molecule has 1 fully saturated rings. The van der Waals surface area contributed by atoms with Crippen molar-refractivity contribution in [3.8, 4) is 0 Å². The van der Waals surface area contributed by atoms with E-state index in [-0.39, 0.29) is 5.82 Å². The maximum Gasteiger partial charge on any atom is 0.351 e. The van der Waals surface area contributed by atoms with Crippen LogP contribution in [0.25, 0.3) is 6.08 Å². The molecule has 5 N–H and O–H groups in total. The summed E-state index contributed by atoms with van der Waals surface area (Å²) in [4.78, 5) is 15.9. The zero-order chi connectivity index (χ0) is 19.4. The molecule has 1 aliphatic heterocycles. The minimum absolute atomic E-state index is 0.0685. The Kier molecular flexibility index (Phi) is 6.02. The summed E-state index contributed by atoms with van der Waals surface area (Å²) in [7, 11) is 0. The molecule has 0 aliphatic carbocycles. The Balaban J connectivity index is 1.76. The fraction of sp³-hybridized carbons (Fsp3) is 0.368. The van der Waals surface area contributed by atoms with Crippen LogP contribution in [0.2, 0.25) is 0 Å². The van der Waals surface area contributed by atoms with Crippen molar-refractivity contribution in [2.45, 2.75) is 37.4 Å². The molecule has 3 rings (SSSR count). The lowest BCUT2D eigenvalue weighted by Crippen LogP contribution is -2.36. The molecule has 4 atom stereocenters. The van der Waals surface area contributed by atoms with E-state index in [1.54, 1.807) is 6.08 Å². The molecular weight excluding hydrogens is 350 g/mol. The molecular formula is C19H23N3O5. The predicted octanol–water partition coefficient (Wildman–Crippen LogP) is 0.0830. The van der Waals surface area contributed by atoms with Crippen LogP contribution in [0.1, 0.15) is 23.8 Å². The highest BCUT2D eigenvalue weighted by Gasteiger charge is 2.43. The van der Waals surface area contributed by atoms with E-state index < -0.39 is 36.8 Å². The number of hydrogen-bond donors (Lipinski definition) is 4. The van der Waals surface area contributed by atoms with Gasteiger partial charge in [0.05, 0.1) is 6.61 Å². The minimum Gasteiger partial charge on any atom is -0.394 e. The van der Waals surface area contributed by atoms with Crippen molar-refractivity contribution in [2.24, 2.45) is 0 Å². The van der Waals surface area contributed by atoms with Gasteiger partial charge >= 0.3 is 5.69 Å². The molecule has 2 heterocycles. The number of aromatic nitrogens is 2. The molecule has 0 amide bonds. The number of rotatable bonds is 6. The summed E-state index contributed by atoms with van der Waals surface area (Å²) >= 11 is 0. The van der Waals surface area contributed by atoms with Gasteiger partial charge in [-0.3, -0.25) is 4.57 Å². The van der Waals surface area contributed by atoms with Gasteiger partial charge in [-0.1, -0.05) is 42.5 Å². The number of allylic oxidation sites excluding steroid dienone is 1. The number of nitrogen functional groups attached to an aromatic ring is 1. The first-order chi connectivity index (χ1) is 13.0. The number of aryl methyl sites for hydroxylation is 1. The van der Waals surface area contributed by atoms with Crippen LogP contribution in [0.5, 0.6) is 0 Å². The van der Waals surface area contributed by atoms with E-state index in [1.807, 2.05) is 36.4 Å². The van der Waals surface area contributed by atoms with Crippen LogP contribution in [0.3, 0.4) is 0 Å². The normalized spacial score (nSPS) is 25.3. The fourth-order valence-corrected chi connectivity index (χ4v) is 3.02. The summed E-state index contributed by atoms with van der Waals surface area (Å²) in [5.74, 6) is 0.0685. The van der Waals surface area contributed by atoms with E-state index in [0.29, 0.717) is 5.56 Å². The summed E-state index contributed by atoms with van der Waals surface area (Å²) < 4.78 is 6.47. The van der Waals surface area contributed by atoms with Crippen molar-refractivity contribution in [2.75, 3.05) is 12.3 Å². The van der Waals surface area contributed by atoms with Crippen molar-refractivity contribution in [1.82, 2.24) is 9.55 Å². The number of aliphatic hydroxyl groups excluding tert-OH is 3. The number of aliphatic hydroxyl groups is 3. The Hall–Kier alpha value is -2.52. The fourth-order valence-electron chi connectivity index (χ4n) is 3.02. The van der Waals surface area contributed by atoms with Gasteiger partial charge in [0.1, 0.15) is 24.1 Å². The van der Waals surface area contributed by atoms with Crippen LogP contribution in [0.4, 0.5) is 5.82 Å². The minimum atomic E-state index is -1.36. The average Bonchev–Trinajstić information content (AvgIpc) is 2.95. The van der Waals surface area contributed by atoms with Gasteiger partial charge in [0.15, 0.2) is 6.23 Å². The smallest absolute Gasteiger partial charge is 0.351 e. The lowest BCUT2D eigenvalue weighted by molar-refractivity contribution is -0.0549. The number of nitrogens with zero attached hydrogens (tertiary/aromatic N) is 2. The van der Waals surface area contributed by atoms with Crippen LogP contribution in [-0.2, 0) is 11.2 Å². The van der Waals surface area contributed by atoms with Crippen LogP contribution in [0.15, 0.2) is 47.4 Å². The second-order valence-corrected chi connectivity index (χ2v) is 6.43. The van der Waals surface area contributed by atoms with Crippen LogP contribution < -0.4 is 11.4 Å². The van der Waals surface area contributed by atoms with Gasteiger partial charge in [-0.05, 0) is 18.4 Å². The van der Waals surface area contributed by atoms with E-state index in [0.717, 1.165) is 17.4 Å². The number of ether oxygens (including phenoxy) is 1. The Morgan fingerprint density at radius 1 is 1.22 bits per heavy atom. The Morgan fingerprint density at radius 3 is 2.63 bits per heavy atom. The molecule has 1 saturated heterocycles. The lowest BCUT2D eigenvalue weighted by atomic mass is 10.1. The van der Waals surface area contributed by atoms with E-state index in [1.165, 1.54) is 11.8 Å². The summed E-state index contributed by atoms with van der Waals surface area (Å²) in [6.07, 6.45) is 1.97. The first-order valence-electron chi connectivity index (χ1n) is 8.73. The molecule has 144 valence electrons. The quantitative estimate of drug-likeness (QED) is 0.564. The molecule has 1 aromatic heterocycles. The van der Waals surface area contributed by atoms with E-state index in [2.05, 4.69) is 4.98 Å². The topological polar surface area (TPSA) is 131 Å². The molecule has 0 bridgehead atoms. The summed E-state index contributed by atoms with van der Waals surface area (Å²) in [5.41, 5.74) is 6.84. The molecule has 0 radical (unpaired) electrons. The Labute approximate surface area is 156 Å². The third-order valence-electron chi connectivity index (χ3n) is 4.54. The second-order valence-electron chi connectivity index (χ2n) is 6.43. The van der Waals surface area contributed by atoms with Crippen LogP contribution >= 0.6 is 0 Å². The molecule has 2 aromatic rings. The van der Waals surface area contributed by atoms with Gasteiger partial charge in [-0.2, -0.15) is 4.98 Å². The third-order valence-corrected chi connectivity index (χ3v) is 4.54. The lowest BCUT2D eigenvalue weighted by Gasteiger charge is -2.18. The van der Waals surface area contributed by atoms with Crippen molar-refractivity contribution in [1.29, 1.82) is 0 Å². The highest BCUT2D eigenvalue weighted by molar-refractivity contribution is 5.59. The Morgan fingerprint density at radius 2 is 1.96 bits per heavy atom. The average molecular weight is 373 g/mol. The van der Waals surface area contributed by atoms with Gasteiger partial charge in [-0.25, -0.2) is 4.79 Å². The van der Waals surface area contributed by atoms with Crippen molar-refractivity contribution in [3.05, 3.63) is 64.2 Å². The highest BCUT2D eigenvalue weighted by Crippen LogP contribution is 2.28. The zero-order valence-electron chi connectivity index (χ0n) is 14.7. The number of anilines is 1. The maximum absolute atomic E-state index is 12.2. The first-order valence-corrected chi connectivity index (χ1v) is 8.73. The molecule has 1 aromatic carbocycles. The monoisotopic (exact) mass is 373 g/mol. The molecule has 0 spiro atoms. The van der Waals surface area contributed by atoms with Gasteiger partial charge in [0.2, 0.25) is 0 Å². The molecule has 1 aliphatic rings. The van der Waals surface area contributed by atoms with Crippen molar-refractivity contribution in [3.63, 3.8) is 0 Å². The van der Waals surface area contributed by atoms with E-state index >= 15 is 0 Å². The van der Waals surface area contributed by atoms with E-state index in [4.69, 9.17) is 10.5 Å². The zero-order valence-corrected chi connectivity index (χ0v) is 14.7. The molecule has 8 nitrogen and oxygen atoms in total. The van der Waals surface area contributed by atoms with Gasteiger partial charge < -0.3 is 25.8 Å². The standard InChI is InChI=1S/C19H23N3O5/c20-17-13(9-5-4-8-12-6-2-1-3-7-12)10-22(19(26)21-17)18-16(25)15(24)14(11-23)27-18/h1-3,5-7,9-10,14-16,18,23-25H,4,8,11H2,(H2,20,21,26)/b9-5+/t14-,15-,16+,18-/m1/s1. The SMILES string of the molecule is Nc1nc(=O)n([C@@H]2O[C@H](CO)[C@@H](O)[C@@H]2O)cc1/C=C/CCc1ccccc1. The highest BCUT2D eigenvalue weighted by atomic mass is 16.6. The van der Waals surface area contributed by atoms with E-state index in [9.17, 15) is 20.1 Å². The number of nitrogens with two attached hydrogens (primary N) is 1. The van der Waals surface area contributed by atoms with Gasteiger partial charge in [-0.15, -0.1) is 0 Å². The number of benzene rings is 1. The summed E-state index contributed by atoms with van der Waals surface area (Å²) in [6, 6.07) is 10.0. The van der Waals surface area contributed by atoms with Crippen LogP contribution in [-0.4, -0.2) is 49.8 Å². The third kappa shape index (κ3) is 4.25. The summed E-state index contributed by atoms with van der Waals surface area (Å²) in [5, 5.41) is 29.2. The number of hydrogen-bond acceptors (Lipinski definition) is 7. The Bertz CT molecular complexity index is 852. The second kappa shape index (κ2) is 8.45.